The Morgan fingerprint density at radius 2 is 1.65 bits per heavy atom. The van der Waals surface area contributed by atoms with Crippen molar-refractivity contribution in [3.63, 3.8) is 0 Å². The summed E-state index contributed by atoms with van der Waals surface area (Å²) in [7, 11) is 0. The van der Waals surface area contributed by atoms with Crippen molar-refractivity contribution in [2.24, 2.45) is 11.8 Å². The van der Waals surface area contributed by atoms with E-state index in [0.29, 0.717) is 24.1 Å². The van der Waals surface area contributed by atoms with E-state index >= 15 is 0 Å². The van der Waals surface area contributed by atoms with Gasteiger partial charge in [-0.15, -0.1) is 0 Å². The Morgan fingerprint density at radius 3 is 2.44 bits per heavy atom. The molecule has 0 spiro atoms. The Kier molecular flexibility index (Phi) is 6.63. The van der Waals surface area contributed by atoms with E-state index in [1.165, 1.54) is 29.3 Å². The van der Waals surface area contributed by atoms with Crippen molar-refractivity contribution in [3.05, 3.63) is 59.7 Å². The topological polar surface area (TPSA) is 58.4 Å². The highest BCUT2D eigenvalue weighted by molar-refractivity contribution is 7.99. The Labute approximate surface area is 205 Å². The molecule has 178 valence electrons. The monoisotopic (exact) mass is 476 g/mol. The number of amides is 2. The van der Waals surface area contributed by atoms with Crippen LogP contribution >= 0.6 is 11.8 Å². The van der Waals surface area contributed by atoms with E-state index in [-0.39, 0.29) is 18.4 Å². The lowest BCUT2D eigenvalue weighted by molar-refractivity contribution is -0.134. The minimum Gasteiger partial charge on any atom is -0.341 e. The van der Waals surface area contributed by atoms with Crippen molar-refractivity contribution < 1.29 is 9.59 Å². The summed E-state index contributed by atoms with van der Waals surface area (Å²) in [4.78, 5) is 35.0. The van der Waals surface area contributed by atoms with Gasteiger partial charge in [0.25, 0.3) is 0 Å². The van der Waals surface area contributed by atoms with Crippen LogP contribution in [-0.4, -0.2) is 56.6 Å². The van der Waals surface area contributed by atoms with E-state index in [0.717, 1.165) is 42.2 Å². The zero-order valence-electron chi connectivity index (χ0n) is 19.9. The third-order valence-corrected chi connectivity index (χ3v) is 7.90. The van der Waals surface area contributed by atoms with E-state index in [1.807, 2.05) is 44.7 Å². The van der Waals surface area contributed by atoms with Gasteiger partial charge in [-0.1, -0.05) is 62.0 Å². The number of thioether (sulfide) groups is 1. The second-order valence-corrected chi connectivity index (χ2v) is 10.8. The van der Waals surface area contributed by atoms with Crippen LogP contribution in [0.15, 0.2) is 53.7 Å². The van der Waals surface area contributed by atoms with Gasteiger partial charge in [0.1, 0.15) is 6.54 Å². The van der Waals surface area contributed by atoms with Crippen LogP contribution in [0.3, 0.4) is 0 Å². The van der Waals surface area contributed by atoms with Gasteiger partial charge < -0.3 is 14.4 Å². The van der Waals surface area contributed by atoms with Crippen molar-refractivity contribution >= 4 is 34.6 Å². The summed E-state index contributed by atoms with van der Waals surface area (Å²) in [5.41, 5.74) is 4.36. The number of aromatic nitrogens is 2. The summed E-state index contributed by atoms with van der Waals surface area (Å²) in [5.74, 6) is 1.60. The van der Waals surface area contributed by atoms with Crippen LogP contribution < -0.4 is 0 Å². The Balaban J connectivity index is 1.30. The third kappa shape index (κ3) is 4.85. The average molecular weight is 477 g/mol. The minimum absolute atomic E-state index is 0.114. The van der Waals surface area contributed by atoms with Crippen LogP contribution in [-0.2, 0) is 29.1 Å². The summed E-state index contributed by atoms with van der Waals surface area (Å²) in [6.45, 7) is 7.73. The quantitative estimate of drug-likeness (QED) is 0.518. The number of hydrogen-bond donors (Lipinski definition) is 0. The fourth-order valence-electron chi connectivity index (χ4n) is 5.34. The number of carbonyl (C=O) groups excluding carboxylic acids is 2. The SMILES string of the molecule is C[C@@H]1C[C@@H](C)CN(C(=O)Cn2c(SCC(=O)N3CCc4ccccc4C3)nc3ccccc32)C1. The number of rotatable bonds is 5. The van der Waals surface area contributed by atoms with Crippen LogP contribution in [0.2, 0.25) is 0 Å². The fraction of sp³-hybridized carbons (Fsp3) is 0.444. The maximum atomic E-state index is 13.2. The zero-order chi connectivity index (χ0) is 23.7. The summed E-state index contributed by atoms with van der Waals surface area (Å²) in [5, 5.41) is 0.735. The number of hydrogen-bond acceptors (Lipinski definition) is 4. The van der Waals surface area contributed by atoms with Gasteiger partial charge in [0, 0.05) is 26.2 Å². The molecule has 0 saturated carbocycles. The van der Waals surface area contributed by atoms with Crippen LogP contribution in [0.1, 0.15) is 31.4 Å². The molecule has 3 heterocycles. The first-order valence-electron chi connectivity index (χ1n) is 12.2. The van der Waals surface area contributed by atoms with Gasteiger partial charge >= 0.3 is 0 Å². The van der Waals surface area contributed by atoms with Crippen molar-refractivity contribution in [2.75, 3.05) is 25.4 Å². The second kappa shape index (κ2) is 9.82. The van der Waals surface area contributed by atoms with Gasteiger partial charge in [0.05, 0.1) is 16.8 Å². The largest absolute Gasteiger partial charge is 0.341 e. The molecular formula is C27H32N4O2S. The van der Waals surface area contributed by atoms with E-state index in [9.17, 15) is 9.59 Å². The lowest BCUT2D eigenvalue weighted by atomic mass is 9.92. The second-order valence-electron chi connectivity index (χ2n) is 9.84. The predicted molar refractivity (Wildman–Crippen MR) is 136 cm³/mol. The summed E-state index contributed by atoms with van der Waals surface area (Å²) < 4.78 is 1.99. The van der Waals surface area contributed by atoms with E-state index in [1.54, 1.807) is 0 Å². The molecule has 2 atom stereocenters. The van der Waals surface area contributed by atoms with Crippen LogP contribution in [0.25, 0.3) is 11.0 Å². The molecule has 5 rings (SSSR count). The van der Waals surface area contributed by atoms with Crippen molar-refractivity contribution in [1.29, 1.82) is 0 Å². The molecule has 0 radical (unpaired) electrons. The third-order valence-electron chi connectivity index (χ3n) is 6.94. The number of piperidine rings is 1. The van der Waals surface area contributed by atoms with Gasteiger partial charge in [-0.25, -0.2) is 4.98 Å². The Bertz CT molecular complexity index is 1200. The zero-order valence-corrected chi connectivity index (χ0v) is 20.8. The van der Waals surface area contributed by atoms with Crippen LogP contribution in [0.4, 0.5) is 0 Å². The van der Waals surface area contributed by atoms with E-state index in [4.69, 9.17) is 4.98 Å². The van der Waals surface area contributed by atoms with Crippen molar-refractivity contribution in [1.82, 2.24) is 19.4 Å². The van der Waals surface area contributed by atoms with E-state index in [2.05, 4.69) is 32.0 Å². The van der Waals surface area contributed by atoms with Crippen LogP contribution in [0.5, 0.6) is 0 Å². The molecule has 34 heavy (non-hydrogen) atoms. The van der Waals surface area contributed by atoms with Crippen LogP contribution in [0, 0.1) is 11.8 Å². The van der Waals surface area contributed by atoms with E-state index < -0.39 is 0 Å². The molecule has 7 heteroatoms. The fourth-order valence-corrected chi connectivity index (χ4v) is 6.26. The van der Waals surface area contributed by atoms with Gasteiger partial charge in [0.15, 0.2) is 5.16 Å². The standard InChI is InChI=1S/C27H32N4O2S/c1-19-13-20(2)15-30(14-19)25(32)17-31-24-10-6-5-9-23(24)28-27(31)34-18-26(33)29-12-11-21-7-3-4-8-22(21)16-29/h3-10,19-20H,11-18H2,1-2H3/t19-,20-/m1/s1. The summed E-state index contributed by atoms with van der Waals surface area (Å²) in [6, 6.07) is 16.2. The van der Waals surface area contributed by atoms with Crippen molar-refractivity contribution in [2.45, 2.75) is 44.9 Å². The molecule has 1 fully saturated rings. The minimum atomic E-state index is 0.114. The number of carbonyl (C=O) groups is 2. The predicted octanol–water partition coefficient (Wildman–Crippen LogP) is 4.22. The molecule has 2 amide bonds. The highest BCUT2D eigenvalue weighted by atomic mass is 32.2. The first-order valence-corrected chi connectivity index (χ1v) is 13.2. The number of imidazole rings is 1. The number of likely N-dealkylation sites (tertiary alicyclic amines) is 1. The molecule has 2 aliphatic rings. The first-order chi connectivity index (χ1) is 16.5. The maximum absolute atomic E-state index is 13.2. The molecule has 2 aromatic carbocycles. The molecule has 3 aromatic rings. The molecule has 1 saturated heterocycles. The Hall–Kier alpha value is -2.80. The van der Waals surface area contributed by atoms with Gasteiger partial charge in [-0.2, -0.15) is 0 Å². The maximum Gasteiger partial charge on any atom is 0.242 e. The van der Waals surface area contributed by atoms with Gasteiger partial charge in [0.2, 0.25) is 11.8 Å². The molecule has 0 unspecified atom stereocenters. The molecular weight excluding hydrogens is 444 g/mol. The Morgan fingerprint density at radius 1 is 0.941 bits per heavy atom. The average Bonchev–Trinajstić information content (AvgIpc) is 3.18. The molecule has 1 aromatic heterocycles. The highest BCUT2D eigenvalue weighted by Gasteiger charge is 2.27. The number of benzene rings is 2. The van der Waals surface area contributed by atoms with Gasteiger partial charge in [-0.3, -0.25) is 9.59 Å². The lowest BCUT2D eigenvalue weighted by Gasteiger charge is -2.35. The lowest BCUT2D eigenvalue weighted by Crippen LogP contribution is -2.44. The first kappa shape index (κ1) is 23.0. The summed E-state index contributed by atoms with van der Waals surface area (Å²) >= 11 is 1.44. The summed E-state index contributed by atoms with van der Waals surface area (Å²) in [6.07, 6.45) is 2.06. The molecule has 0 bridgehead atoms. The molecule has 0 N–H and O–H groups in total. The number of fused-ring (bicyclic) bond motifs is 2. The number of para-hydroxylation sites is 2. The normalized spacial score (nSPS) is 20.4. The molecule has 6 nitrogen and oxygen atoms in total. The molecule has 2 aliphatic heterocycles. The number of nitrogens with zero attached hydrogens (tertiary/aromatic N) is 4. The van der Waals surface area contributed by atoms with Crippen molar-refractivity contribution in [3.8, 4) is 0 Å². The highest BCUT2D eigenvalue weighted by Crippen LogP contribution is 2.27. The smallest absolute Gasteiger partial charge is 0.242 e. The molecule has 0 aliphatic carbocycles. The van der Waals surface area contributed by atoms with Gasteiger partial charge in [-0.05, 0) is 47.9 Å².